The van der Waals surface area contributed by atoms with Gasteiger partial charge in [0.1, 0.15) is 5.58 Å². The van der Waals surface area contributed by atoms with Crippen LogP contribution in [0, 0.1) is 0 Å². The minimum Gasteiger partial charge on any atom is -0.454 e. The Hall–Kier alpha value is -5.16. The molecule has 2 nitrogen and oxygen atoms in total. The number of para-hydroxylation sites is 3. The molecule has 10 rings (SSSR count). The maximum atomic E-state index is 6.51. The fourth-order valence-electron chi connectivity index (χ4n) is 6.86. The Morgan fingerprint density at radius 1 is 0.409 bits per heavy atom. The second-order valence-electron chi connectivity index (χ2n) is 11.3. The van der Waals surface area contributed by atoms with Crippen LogP contribution in [0.2, 0.25) is 0 Å². The van der Waals surface area contributed by atoms with Crippen LogP contribution in [0.5, 0.6) is 0 Å². The minimum absolute atomic E-state index is 0.896. The summed E-state index contributed by atoms with van der Waals surface area (Å²) >= 11 is 3.79. The molecular weight excluding hydrogens is 575 g/mol. The number of rotatable bonds is 3. The van der Waals surface area contributed by atoms with Crippen molar-refractivity contribution in [2.24, 2.45) is 0 Å². The summed E-state index contributed by atoms with van der Waals surface area (Å²) in [5, 5.41) is 10.2. The number of anilines is 3. The molecule has 0 atom stereocenters. The van der Waals surface area contributed by atoms with Gasteiger partial charge in [0.2, 0.25) is 0 Å². The first-order valence-corrected chi connectivity index (χ1v) is 16.4. The molecule has 0 N–H and O–H groups in total. The summed E-state index contributed by atoms with van der Waals surface area (Å²) in [6.07, 6.45) is 0. The van der Waals surface area contributed by atoms with Gasteiger partial charge in [-0.3, -0.25) is 0 Å². The average molecular weight is 598 g/mol. The Kier molecular flexibility index (Phi) is 5.06. The zero-order valence-electron chi connectivity index (χ0n) is 23.5. The first kappa shape index (κ1) is 24.3. The van der Waals surface area contributed by atoms with Crippen molar-refractivity contribution < 1.29 is 4.42 Å². The van der Waals surface area contributed by atoms with Crippen molar-refractivity contribution in [3.05, 3.63) is 140 Å². The van der Waals surface area contributed by atoms with E-state index in [0.717, 1.165) is 39.0 Å². The number of hydrogen-bond acceptors (Lipinski definition) is 4. The van der Waals surface area contributed by atoms with Crippen LogP contribution in [0.1, 0.15) is 0 Å². The number of thiophene rings is 2. The Morgan fingerprint density at radius 3 is 1.80 bits per heavy atom. The van der Waals surface area contributed by atoms with Crippen LogP contribution < -0.4 is 4.90 Å². The maximum Gasteiger partial charge on any atom is 0.159 e. The normalized spacial score (nSPS) is 12.1. The monoisotopic (exact) mass is 597 g/mol. The van der Waals surface area contributed by atoms with E-state index in [9.17, 15) is 0 Å². The summed E-state index contributed by atoms with van der Waals surface area (Å²) < 4.78 is 11.9. The third-order valence-corrected chi connectivity index (χ3v) is 11.3. The number of furan rings is 1. The SMILES string of the molecule is c1ccc(N(c2ccc3c(c2)sc2c3ccc3c2ccc2c4ccccc4sc23)c2cccc3c2oc2ccccc23)cc1. The molecule has 44 heavy (non-hydrogen) atoms. The highest BCUT2D eigenvalue weighted by atomic mass is 32.1. The highest BCUT2D eigenvalue weighted by Crippen LogP contribution is 2.47. The molecule has 0 fully saturated rings. The third kappa shape index (κ3) is 3.41. The van der Waals surface area contributed by atoms with Gasteiger partial charge < -0.3 is 9.32 Å². The molecule has 7 aromatic carbocycles. The van der Waals surface area contributed by atoms with Crippen LogP contribution in [0.25, 0.3) is 73.1 Å². The Balaban J connectivity index is 1.21. The van der Waals surface area contributed by atoms with E-state index < -0.39 is 0 Å². The Labute approximate surface area is 260 Å². The Morgan fingerprint density at radius 2 is 1.00 bits per heavy atom. The molecule has 3 heterocycles. The van der Waals surface area contributed by atoms with E-state index in [2.05, 4.69) is 132 Å². The molecule has 0 amide bonds. The molecule has 0 spiro atoms. The lowest BCUT2D eigenvalue weighted by Crippen LogP contribution is -2.09. The van der Waals surface area contributed by atoms with Crippen molar-refractivity contribution >= 4 is 113 Å². The fraction of sp³-hybridized carbons (Fsp3) is 0. The summed E-state index contributed by atoms with van der Waals surface area (Å²) in [5.74, 6) is 0. The summed E-state index contributed by atoms with van der Waals surface area (Å²) in [6, 6.07) is 50.3. The van der Waals surface area contributed by atoms with E-state index in [0.29, 0.717) is 0 Å². The highest BCUT2D eigenvalue weighted by molar-refractivity contribution is 7.28. The molecule has 3 aromatic heterocycles. The van der Waals surface area contributed by atoms with Crippen molar-refractivity contribution in [3.63, 3.8) is 0 Å². The molecule has 0 radical (unpaired) electrons. The molecule has 0 saturated heterocycles. The average Bonchev–Trinajstić information content (AvgIpc) is 3.77. The van der Waals surface area contributed by atoms with E-state index in [1.165, 1.54) is 51.1 Å². The van der Waals surface area contributed by atoms with Gasteiger partial charge in [-0.25, -0.2) is 0 Å². The molecule has 0 aliphatic heterocycles. The molecule has 0 saturated carbocycles. The van der Waals surface area contributed by atoms with Gasteiger partial charge in [-0.1, -0.05) is 97.1 Å². The number of fused-ring (bicyclic) bond motifs is 12. The lowest BCUT2D eigenvalue weighted by molar-refractivity contribution is 0.669. The maximum absolute atomic E-state index is 6.51. The minimum atomic E-state index is 0.896. The molecule has 0 aliphatic carbocycles. The van der Waals surface area contributed by atoms with Gasteiger partial charge in [-0.2, -0.15) is 0 Å². The smallest absolute Gasteiger partial charge is 0.159 e. The van der Waals surface area contributed by atoms with E-state index in [1.807, 2.05) is 34.8 Å². The van der Waals surface area contributed by atoms with E-state index in [4.69, 9.17) is 4.42 Å². The van der Waals surface area contributed by atoms with Crippen LogP contribution in [0.4, 0.5) is 17.1 Å². The number of benzene rings is 7. The fourth-order valence-corrected chi connectivity index (χ4v) is 9.36. The molecule has 0 unspecified atom stereocenters. The van der Waals surface area contributed by atoms with E-state index >= 15 is 0 Å². The van der Waals surface area contributed by atoms with Gasteiger partial charge in [0, 0.05) is 73.3 Å². The summed E-state index contributed by atoms with van der Waals surface area (Å²) in [4.78, 5) is 2.33. The largest absolute Gasteiger partial charge is 0.454 e. The van der Waals surface area contributed by atoms with Gasteiger partial charge in [-0.15, -0.1) is 22.7 Å². The molecule has 0 bridgehead atoms. The Bertz CT molecular complexity index is 2730. The predicted octanol–water partition coefficient (Wildman–Crippen LogP) is 12.9. The topological polar surface area (TPSA) is 16.4 Å². The van der Waals surface area contributed by atoms with Gasteiger partial charge in [-0.05, 0) is 42.5 Å². The molecule has 0 aliphatic rings. The first-order chi connectivity index (χ1) is 21.8. The molecular formula is C40H23NOS2. The van der Waals surface area contributed by atoms with E-state index in [-0.39, 0.29) is 0 Å². The van der Waals surface area contributed by atoms with Crippen molar-refractivity contribution in [2.75, 3.05) is 4.90 Å². The van der Waals surface area contributed by atoms with Gasteiger partial charge in [0.15, 0.2) is 5.58 Å². The second-order valence-corrected chi connectivity index (χ2v) is 13.4. The van der Waals surface area contributed by atoms with E-state index in [1.54, 1.807) is 0 Å². The lowest BCUT2D eigenvalue weighted by atomic mass is 10.0. The van der Waals surface area contributed by atoms with Gasteiger partial charge >= 0.3 is 0 Å². The zero-order chi connectivity index (χ0) is 28.8. The third-order valence-electron chi connectivity index (χ3n) is 8.86. The van der Waals surface area contributed by atoms with Crippen molar-refractivity contribution in [1.82, 2.24) is 0 Å². The number of nitrogens with zero attached hydrogens (tertiary/aromatic N) is 1. The predicted molar refractivity (Wildman–Crippen MR) is 192 cm³/mol. The lowest BCUT2D eigenvalue weighted by Gasteiger charge is -2.25. The molecule has 10 aromatic rings. The molecule has 4 heteroatoms. The van der Waals surface area contributed by atoms with Crippen molar-refractivity contribution in [2.45, 2.75) is 0 Å². The van der Waals surface area contributed by atoms with Gasteiger partial charge in [0.05, 0.1) is 5.69 Å². The second kappa shape index (κ2) is 9.17. The highest BCUT2D eigenvalue weighted by Gasteiger charge is 2.20. The van der Waals surface area contributed by atoms with Crippen molar-refractivity contribution in [3.8, 4) is 0 Å². The zero-order valence-corrected chi connectivity index (χ0v) is 25.1. The first-order valence-electron chi connectivity index (χ1n) is 14.8. The molecule has 206 valence electrons. The quantitative estimate of drug-likeness (QED) is 0.201. The van der Waals surface area contributed by atoms with Crippen LogP contribution in [-0.2, 0) is 0 Å². The van der Waals surface area contributed by atoms with Crippen LogP contribution in [0.3, 0.4) is 0 Å². The van der Waals surface area contributed by atoms with Crippen molar-refractivity contribution in [1.29, 1.82) is 0 Å². The summed E-state index contributed by atoms with van der Waals surface area (Å²) in [6.45, 7) is 0. The standard InChI is InChI=1S/C40H23NOS2/c1-2-9-24(10-3-1)41(34-14-8-13-29-26-11-4-6-15-35(26)42-38(29)34)25-17-18-28-31-20-22-32-33(40(31)44-37(28)23-25)21-19-30-27-12-5-7-16-36(27)43-39(30)32/h1-23H. The van der Waals surface area contributed by atoms with Crippen LogP contribution in [-0.4, -0.2) is 0 Å². The number of hydrogen-bond donors (Lipinski definition) is 0. The summed E-state index contributed by atoms with van der Waals surface area (Å²) in [7, 11) is 0. The van der Waals surface area contributed by atoms with Crippen LogP contribution in [0.15, 0.2) is 144 Å². The van der Waals surface area contributed by atoms with Crippen LogP contribution >= 0.6 is 22.7 Å². The van der Waals surface area contributed by atoms with Gasteiger partial charge in [0.25, 0.3) is 0 Å². The summed E-state index contributed by atoms with van der Waals surface area (Å²) in [5.41, 5.74) is 5.04.